The third-order valence-corrected chi connectivity index (χ3v) is 4.65. The number of nitrogens with zero attached hydrogens (tertiary/aromatic N) is 1. The Kier molecular flexibility index (Phi) is 10.1. The van der Waals surface area contributed by atoms with Gasteiger partial charge in [-0.3, -0.25) is 0 Å². The SMILES string of the molecule is CC.Cc1ccc(N(c2ccc(OCC(C)C)cc2)c2ccc(OCC(C)C)cc2)cc1. The predicted octanol–water partition coefficient (Wildman–Crippen LogP) is 8.56. The molecule has 0 aliphatic carbocycles. The van der Waals surface area contributed by atoms with Crippen LogP contribution in [-0.4, -0.2) is 13.2 Å². The minimum absolute atomic E-state index is 0.505. The van der Waals surface area contributed by atoms with Crippen LogP contribution in [0, 0.1) is 18.8 Å². The Labute approximate surface area is 195 Å². The topological polar surface area (TPSA) is 21.7 Å². The zero-order valence-corrected chi connectivity index (χ0v) is 20.8. The van der Waals surface area contributed by atoms with E-state index in [9.17, 15) is 0 Å². The monoisotopic (exact) mass is 433 g/mol. The van der Waals surface area contributed by atoms with E-state index in [0.717, 1.165) is 41.8 Å². The smallest absolute Gasteiger partial charge is 0.119 e. The fraction of sp³-hybridized carbons (Fsp3) is 0.379. The molecule has 0 heterocycles. The largest absolute Gasteiger partial charge is 0.493 e. The van der Waals surface area contributed by atoms with Crippen molar-refractivity contribution in [3.8, 4) is 11.5 Å². The highest BCUT2D eigenvalue weighted by atomic mass is 16.5. The number of hydrogen-bond donors (Lipinski definition) is 0. The van der Waals surface area contributed by atoms with E-state index in [-0.39, 0.29) is 0 Å². The number of hydrogen-bond acceptors (Lipinski definition) is 3. The Balaban J connectivity index is 0.00000176. The summed E-state index contributed by atoms with van der Waals surface area (Å²) in [4.78, 5) is 2.25. The zero-order chi connectivity index (χ0) is 23.5. The molecule has 3 heteroatoms. The summed E-state index contributed by atoms with van der Waals surface area (Å²) in [5.74, 6) is 2.80. The van der Waals surface area contributed by atoms with E-state index in [1.165, 1.54) is 5.56 Å². The van der Waals surface area contributed by atoms with Crippen molar-refractivity contribution in [3.63, 3.8) is 0 Å². The van der Waals surface area contributed by atoms with Crippen molar-refractivity contribution in [2.75, 3.05) is 18.1 Å². The van der Waals surface area contributed by atoms with E-state index in [4.69, 9.17) is 9.47 Å². The molecule has 32 heavy (non-hydrogen) atoms. The molecule has 0 amide bonds. The van der Waals surface area contributed by atoms with Crippen LogP contribution in [0.4, 0.5) is 17.1 Å². The number of aryl methyl sites for hydroxylation is 1. The average molecular weight is 434 g/mol. The molecule has 0 aliphatic heterocycles. The van der Waals surface area contributed by atoms with Crippen molar-refractivity contribution < 1.29 is 9.47 Å². The average Bonchev–Trinajstić information content (AvgIpc) is 2.80. The van der Waals surface area contributed by atoms with E-state index in [1.807, 2.05) is 38.1 Å². The maximum absolute atomic E-state index is 5.86. The predicted molar refractivity (Wildman–Crippen MR) is 138 cm³/mol. The number of benzene rings is 3. The van der Waals surface area contributed by atoms with E-state index in [1.54, 1.807) is 0 Å². The number of anilines is 3. The summed E-state index contributed by atoms with van der Waals surface area (Å²) in [5.41, 5.74) is 4.54. The minimum atomic E-state index is 0.505. The molecule has 0 atom stereocenters. The minimum Gasteiger partial charge on any atom is -0.493 e. The molecule has 0 aliphatic rings. The molecule has 3 rings (SSSR count). The third-order valence-electron chi connectivity index (χ3n) is 4.65. The van der Waals surface area contributed by atoms with Crippen molar-refractivity contribution in [1.29, 1.82) is 0 Å². The van der Waals surface area contributed by atoms with Crippen LogP contribution in [0.15, 0.2) is 72.8 Å². The molecular weight excluding hydrogens is 394 g/mol. The first-order valence-corrected chi connectivity index (χ1v) is 11.7. The molecule has 0 saturated carbocycles. The van der Waals surface area contributed by atoms with Crippen LogP contribution in [-0.2, 0) is 0 Å². The van der Waals surface area contributed by atoms with Crippen LogP contribution in [0.2, 0.25) is 0 Å². The lowest BCUT2D eigenvalue weighted by Crippen LogP contribution is -2.10. The van der Waals surface area contributed by atoms with Crippen molar-refractivity contribution in [2.24, 2.45) is 11.8 Å². The van der Waals surface area contributed by atoms with Gasteiger partial charge in [0, 0.05) is 17.1 Å². The molecule has 0 N–H and O–H groups in total. The Hall–Kier alpha value is -2.94. The normalized spacial score (nSPS) is 10.5. The molecule has 0 saturated heterocycles. The second-order valence-corrected chi connectivity index (χ2v) is 8.57. The van der Waals surface area contributed by atoms with Crippen LogP contribution < -0.4 is 14.4 Å². The molecule has 172 valence electrons. The van der Waals surface area contributed by atoms with Gasteiger partial charge in [-0.2, -0.15) is 0 Å². The quantitative estimate of drug-likeness (QED) is 0.337. The van der Waals surface area contributed by atoms with E-state index >= 15 is 0 Å². The summed E-state index contributed by atoms with van der Waals surface area (Å²) < 4.78 is 11.7. The molecule has 3 nitrogen and oxygen atoms in total. The second kappa shape index (κ2) is 12.8. The fourth-order valence-electron chi connectivity index (χ4n) is 3.05. The number of ether oxygens (including phenoxy) is 2. The van der Waals surface area contributed by atoms with Gasteiger partial charge in [-0.15, -0.1) is 0 Å². The molecular formula is C29H39NO2. The molecule has 0 bridgehead atoms. The number of rotatable bonds is 9. The molecule has 0 fully saturated rings. The van der Waals surface area contributed by atoms with Gasteiger partial charge < -0.3 is 14.4 Å². The summed E-state index contributed by atoms with van der Waals surface area (Å²) in [6, 6.07) is 25.2. The van der Waals surface area contributed by atoms with E-state index in [0.29, 0.717) is 11.8 Å². The second-order valence-electron chi connectivity index (χ2n) is 8.57. The standard InChI is InChI=1S/C27H33NO2.C2H6/c1-20(2)18-29-26-14-10-24(11-15-26)28(23-8-6-22(5)7-9-23)25-12-16-27(17-13-25)30-19-21(3)4;1-2/h6-17,20-21H,18-19H2,1-5H3;1-2H3. The van der Waals surface area contributed by atoms with Crippen LogP contribution >= 0.6 is 0 Å². The van der Waals surface area contributed by atoms with Crippen LogP contribution in [0.5, 0.6) is 11.5 Å². The van der Waals surface area contributed by atoms with Crippen LogP contribution in [0.1, 0.15) is 47.1 Å². The summed E-state index contributed by atoms with van der Waals surface area (Å²) in [5, 5.41) is 0. The van der Waals surface area contributed by atoms with Gasteiger partial charge in [0.05, 0.1) is 13.2 Å². The summed E-state index contributed by atoms with van der Waals surface area (Å²) >= 11 is 0. The molecule has 3 aromatic rings. The Morgan fingerprint density at radius 3 is 1.19 bits per heavy atom. The van der Waals surface area contributed by atoms with Crippen LogP contribution in [0.3, 0.4) is 0 Å². The summed E-state index contributed by atoms with van der Waals surface area (Å²) in [7, 11) is 0. The van der Waals surface area contributed by atoms with Gasteiger partial charge in [0.1, 0.15) is 11.5 Å². The lowest BCUT2D eigenvalue weighted by atomic mass is 10.1. The Morgan fingerprint density at radius 1 is 0.562 bits per heavy atom. The maximum Gasteiger partial charge on any atom is 0.119 e. The van der Waals surface area contributed by atoms with Crippen molar-refractivity contribution in [1.82, 2.24) is 0 Å². The molecule has 3 aromatic carbocycles. The molecule has 0 radical (unpaired) electrons. The first-order valence-electron chi connectivity index (χ1n) is 11.7. The van der Waals surface area contributed by atoms with Crippen molar-refractivity contribution in [2.45, 2.75) is 48.5 Å². The Morgan fingerprint density at radius 2 is 0.875 bits per heavy atom. The molecule has 0 spiro atoms. The van der Waals surface area contributed by atoms with Gasteiger partial charge in [0.2, 0.25) is 0 Å². The first kappa shape index (κ1) is 25.3. The van der Waals surface area contributed by atoms with Crippen molar-refractivity contribution in [3.05, 3.63) is 78.4 Å². The summed E-state index contributed by atoms with van der Waals surface area (Å²) in [6.07, 6.45) is 0. The highest BCUT2D eigenvalue weighted by molar-refractivity contribution is 5.77. The molecule has 0 aromatic heterocycles. The zero-order valence-electron chi connectivity index (χ0n) is 20.8. The summed E-state index contributed by atoms with van der Waals surface area (Å²) in [6.45, 7) is 16.2. The van der Waals surface area contributed by atoms with Gasteiger partial charge in [-0.1, -0.05) is 59.2 Å². The van der Waals surface area contributed by atoms with Gasteiger partial charge in [0.15, 0.2) is 0 Å². The molecule has 0 unspecified atom stereocenters. The van der Waals surface area contributed by atoms with Gasteiger partial charge >= 0.3 is 0 Å². The van der Waals surface area contributed by atoms with Crippen molar-refractivity contribution >= 4 is 17.1 Å². The highest BCUT2D eigenvalue weighted by Crippen LogP contribution is 2.36. The lowest BCUT2D eigenvalue weighted by molar-refractivity contribution is 0.271. The highest BCUT2D eigenvalue weighted by Gasteiger charge is 2.13. The maximum atomic E-state index is 5.86. The third kappa shape index (κ3) is 7.64. The van der Waals surface area contributed by atoms with Crippen LogP contribution in [0.25, 0.3) is 0 Å². The Bertz CT molecular complexity index is 842. The fourth-order valence-corrected chi connectivity index (χ4v) is 3.05. The van der Waals surface area contributed by atoms with Gasteiger partial charge in [0.25, 0.3) is 0 Å². The first-order chi connectivity index (χ1) is 15.4. The lowest BCUT2D eigenvalue weighted by Gasteiger charge is -2.26. The van der Waals surface area contributed by atoms with Gasteiger partial charge in [-0.25, -0.2) is 0 Å². The van der Waals surface area contributed by atoms with E-state index in [2.05, 4.69) is 88.0 Å². The van der Waals surface area contributed by atoms with Gasteiger partial charge in [-0.05, 0) is 79.4 Å². The van der Waals surface area contributed by atoms with E-state index < -0.39 is 0 Å².